The molecule has 0 radical (unpaired) electrons. The van der Waals surface area contributed by atoms with E-state index in [1.54, 1.807) is 0 Å². The minimum Gasteiger partial charge on any atom is -3.00 e. The van der Waals surface area contributed by atoms with Gasteiger partial charge in [0.1, 0.15) is 0 Å². The largest absolute Gasteiger partial charge is 3.00 e. The van der Waals surface area contributed by atoms with Crippen molar-refractivity contribution in [1.82, 2.24) is 0 Å². The van der Waals surface area contributed by atoms with Crippen LogP contribution in [0.4, 0.5) is 0 Å². The van der Waals surface area contributed by atoms with Gasteiger partial charge in [0.05, 0.1) is 0 Å². The number of hydrogen-bond donors (Lipinski definition) is 0. The summed E-state index contributed by atoms with van der Waals surface area (Å²) in [5.41, 5.74) is 0. The number of rotatable bonds is 0. The Balaban J connectivity index is 0. The Labute approximate surface area is 82.4 Å². The van der Waals surface area contributed by atoms with Crippen LogP contribution in [0.5, 0.6) is 0 Å². The zero-order valence-electron chi connectivity index (χ0n) is 2.76. The van der Waals surface area contributed by atoms with Crippen molar-refractivity contribution in [3.05, 3.63) is 0 Å². The van der Waals surface area contributed by atoms with Gasteiger partial charge in [0.2, 0.25) is 0 Å². The zero-order chi connectivity index (χ0) is 0. The van der Waals surface area contributed by atoms with Crippen LogP contribution in [0.25, 0.3) is 0 Å². The fourth-order valence-corrected chi connectivity index (χ4v) is 0. The molecular formula is H3AsGaInP2. The van der Waals surface area contributed by atoms with Crippen molar-refractivity contribution in [2.24, 2.45) is 0 Å². The van der Waals surface area contributed by atoms with Crippen LogP contribution in [0.3, 0.4) is 0 Å². The summed E-state index contributed by atoms with van der Waals surface area (Å²) >= 11 is 0. The summed E-state index contributed by atoms with van der Waals surface area (Å²) in [6, 6.07) is 0. The Kier molecular flexibility index (Phi) is 252. The monoisotopic (exact) mass is 324 g/mol. The van der Waals surface area contributed by atoms with Crippen molar-refractivity contribution < 1.29 is 0 Å². The van der Waals surface area contributed by atoms with E-state index in [0.29, 0.717) is 0 Å². The van der Waals surface area contributed by atoms with Crippen molar-refractivity contribution >= 4 is 83.4 Å². The summed E-state index contributed by atoms with van der Waals surface area (Å²) in [5, 5.41) is 0. The van der Waals surface area contributed by atoms with Gasteiger partial charge in [0.25, 0.3) is 0 Å². The minimum atomic E-state index is 0. The molecule has 0 saturated heterocycles. The van der Waals surface area contributed by atoms with Gasteiger partial charge in [-0.25, -0.2) is 0 Å². The third kappa shape index (κ3) is 19.6. The van der Waals surface area contributed by atoms with Crippen LogP contribution in [-0.4, -0.2) is 63.6 Å². The standard InChI is InChI=1S/AsH3.Ga.In.2P/h1H3;;;;/q;2*+3;2*-3. The zero-order valence-corrected chi connectivity index (χ0v) is 13.2. The Morgan fingerprint density at radius 1 is 0.800 bits per heavy atom. The van der Waals surface area contributed by atoms with E-state index in [0.717, 1.165) is 0 Å². The van der Waals surface area contributed by atoms with Gasteiger partial charge in [-0.2, -0.15) is 0 Å². The summed E-state index contributed by atoms with van der Waals surface area (Å²) in [6.07, 6.45) is 0. The van der Waals surface area contributed by atoms with E-state index >= 15 is 0 Å². The first-order chi connectivity index (χ1) is 0. The van der Waals surface area contributed by atoms with Crippen LogP contribution in [-0.2, 0) is 0 Å². The Hall–Kier alpha value is 2.92. The molecule has 0 saturated carbocycles. The molecule has 0 aliphatic carbocycles. The van der Waals surface area contributed by atoms with Crippen LogP contribution in [0.1, 0.15) is 0 Å². The second-order valence-electron chi connectivity index (χ2n) is 0. The van der Waals surface area contributed by atoms with Crippen LogP contribution in [0.15, 0.2) is 0 Å². The van der Waals surface area contributed by atoms with E-state index < -0.39 is 0 Å². The first kappa shape index (κ1) is 44.4. The molecule has 24 valence electrons. The molecule has 0 aromatic heterocycles. The third-order valence-electron chi connectivity index (χ3n) is 0. The van der Waals surface area contributed by atoms with Gasteiger partial charge >= 0.3 is 63.6 Å². The molecule has 0 aliphatic rings. The molecule has 0 N–H and O–H groups in total. The Morgan fingerprint density at radius 2 is 0.800 bits per heavy atom. The molecule has 0 aromatic rings. The third-order valence-corrected chi connectivity index (χ3v) is 0. The Bertz CT molecular complexity index is 9.61. The molecule has 0 heterocycles. The van der Waals surface area contributed by atoms with Crippen molar-refractivity contribution in [2.45, 2.75) is 0 Å². The normalized spacial score (nSPS) is 0. The molecule has 0 spiro atoms. The van der Waals surface area contributed by atoms with Crippen molar-refractivity contribution in [3.8, 4) is 0 Å². The van der Waals surface area contributed by atoms with E-state index in [1.807, 2.05) is 0 Å². The minimum absolute atomic E-state index is 0. The van der Waals surface area contributed by atoms with Crippen molar-refractivity contribution in [2.75, 3.05) is 0 Å². The molecule has 0 aromatic carbocycles. The van der Waals surface area contributed by atoms with E-state index in [9.17, 15) is 0 Å². The van der Waals surface area contributed by atoms with E-state index in [1.165, 1.54) is 0 Å². The molecule has 5 heavy (non-hydrogen) atoms. The van der Waals surface area contributed by atoms with Crippen molar-refractivity contribution in [3.63, 3.8) is 0 Å². The average Bonchev–Trinajstić information content (AvgIpc) is 0. The van der Waals surface area contributed by atoms with E-state index in [2.05, 4.69) is 0 Å². The quantitative estimate of drug-likeness (QED) is 0.427. The molecule has 0 fully saturated rings. The number of hydrogen-bond acceptors (Lipinski definition) is 0. The van der Waals surface area contributed by atoms with Crippen molar-refractivity contribution in [1.29, 1.82) is 0 Å². The summed E-state index contributed by atoms with van der Waals surface area (Å²) in [4.78, 5) is 0. The SMILES string of the molecule is [AsH3].[Ga+3].[In+3].[P-3].[P-3]. The molecule has 0 nitrogen and oxygen atoms in total. The van der Waals surface area contributed by atoms with E-state index in [-0.39, 0.29) is 83.4 Å². The first-order valence-corrected chi connectivity index (χ1v) is 0. The fraction of sp³-hybridized carbons (Fsp3) is 0. The van der Waals surface area contributed by atoms with E-state index in [4.69, 9.17) is 0 Å². The summed E-state index contributed by atoms with van der Waals surface area (Å²) < 4.78 is 0. The summed E-state index contributed by atoms with van der Waals surface area (Å²) in [6.45, 7) is 0. The van der Waals surface area contributed by atoms with Crippen LogP contribution < -0.4 is 0 Å². The molecule has 0 bridgehead atoms. The van der Waals surface area contributed by atoms with Gasteiger partial charge in [-0.15, -0.1) is 0 Å². The predicted octanol–water partition coefficient (Wildman–Crippen LogP) is -0.223. The first-order valence-electron chi connectivity index (χ1n) is 0. The fourth-order valence-electron chi connectivity index (χ4n) is 0. The van der Waals surface area contributed by atoms with Crippen LogP contribution in [0, 0.1) is 0 Å². The molecular weight excluding hydrogens is 321 g/mol. The molecule has 0 aliphatic heterocycles. The predicted molar refractivity (Wildman–Crippen MR) is 35.3 cm³/mol. The molecule has 1 unspecified atom stereocenters. The maximum absolute atomic E-state index is 0. The van der Waals surface area contributed by atoms with Gasteiger partial charge < -0.3 is 19.8 Å². The summed E-state index contributed by atoms with van der Waals surface area (Å²) in [7, 11) is 0. The van der Waals surface area contributed by atoms with Gasteiger partial charge in [0, 0.05) is 0 Å². The van der Waals surface area contributed by atoms with Gasteiger partial charge in [-0.05, 0) is 0 Å². The smallest absolute Gasteiger partial charge is 3.00 e. The maximum Gasteiger partial charge on any atom is 3.00 e. The average molecular weight is 324 g/mol. The molecule has 0 amide bonds. The molecule has 0 rings (SSSR count). The van der Waals surface area contributed by atoms with Crippen LogP contribution >= 0.6 is 19.8 Å². The second-order valence-corrected chi connectivity index (χ2v) is 0. The molecule has 5 heteroatoms. The summed E-state index contributed by atoms with van der Waals surface area (Å²) in [5.74, 6) is 0. The second kappa shape index (κ2) is 28.4. The van der Waals surface area contributed by atoms with Gasteiger partial charge in [0.15, 0.2) is 0 Å². The van der Waals surface area contributed by atoms with Gasteiger partial charge in [-0.1, -0.05) is 0 Å². The maximum atomic E-state index is 0. The van der Waals surface area contributed by atoms with Gasteiger partial charge in [-0.3, -0.25) is 0 Å². The topological polar surface area (TPSA) is 0 Å². The Morgan fingerprint density at radius 3 is 0.800 bits per heavy atom. The molecule has 1 atom stereocenters. The van der Waals surface area contributed by atoms with Crippen LogP contribution in [0.2, 0.25) is 0 Å².